The van der Waals surface area contributed by atoms with E-state index in [1.54, 1.807) is 24.3 Å². The highest BCUT2D eigenvalue weighted by molar-refractivity contribution is 5.89. The maximum Gasteiger partial charge on any atom is 0.319 e. The Bertz CT molecular complexity index is 649. The molecule has 1 aromatic carbocycles. The van der Waals surface area contributed by atoms with Gasteiger partial charge in [-0.15, -0.1) is 0 Å². The molecule has 0 atom stereocenters. The lowest BCUT2D eigenvalue weighted by Crippen LogP contribution is -2.28. The van der Waals surface area contributed by atoms with Crippen LogP contribution < -0.4 is 10.6 Å². The molecule has 6 nitrogen and oxygen atoms in total. The summed E-state index contributed by atoms with van der Waals surface area (Å²) in [5.74, 6) is 0. The second-order valence-electron chi connectivity index (χ2n) is 4.41. The number of benzene rings is 1. The van der Waals surface area contributed by atoms with Gasteiger partial charge in [-0.2, -0.15) is 10.4 Å². The molecule has 0 fully saturated rings. The molecule has 0 saturated carbocycles. The number of H-pyrrole nitrogens is 1. The van der Waals surface area contributed by atoms with E-state index >= 15 is 0 Å². The number of carbonyl (C=O) groups excluding carboxylic acids is 1. The molecule has 0 aliphatic carbocycles. The zero-order valence-corrected chi connectivity index (χ0v) is 11.3. The van der Waals surface area contributed by atoms with Crippen molar-refractivity contribution in [1.29, 1.82) is 5.26 Å². The number of hydrogen-bond donors (Lipinski definition) is 3. The van der Waals surface area contributed by atoms with Crippen LogP contribution in [0.15, 0.2) is 24.3 Å². The minimum Gasteiger partial charge on any atom is -0.334 e. The summed E-state index contributed by atoms with van der Waals surface area (Å²) < 4.78 is 0. The molecule has 102 valence electrons. The summed E-state index contributed by atoms with van der Waals surface area (Å²) in [7, 11) is 0. The van der Waals surface area contributed by atoms with Crippen molar-refractivity contribution in [2.24, 2.45) is 0 Å². The Balaban J connectivity index is 1.94. The number of aromatic nitrogens is 2. The first kappa shape index (κ1) is 13.6. The molecule has 20 heavy (non-hydrogen) atoms. The number of aromatic amines is 1. The van der Waals surface area contributed by atoms with Crippen LogP contribution in [0.1, 0.15) is 22.5 Å². The zero-order valence-electron chi connectivity index (χ0n) is 11.3. The highest BCUT2D eigenvalue weighted by atomic mass is 16.2. The van der Waals surface area contributed by atoms with Crippen LogP contribution in [0.2, 0.25) is 0 Å². The average Bonchev–Trinajstić information content (AvgIpc) is 2.76. The van der Waals surface area contributed by atoms with Crippen molar-refractivity contribution >= 4 is 11.7 Å². The second kappa shape index (κ2) is 5.89. The highest BCUT2D eigenvalue weighted by Gasteiger charge is 2.08. The SMILES string of the molecule is Cc1n[nH]c(C)c1CNC(=O)Nc1cccc(C#N)c1. The molecule has 6 heteroatoms. The van der Waals surface area contributed by atoms with Crippen LogP contribution in [-0.4, -0.2) is 16.2 Å². The molecule has 3 N–H and O–H groups in total. The van der Waals surface area contributed by atoms with E-state index in [2.05, 4.69) is 20.8 Å². The van der Waals surface area contributed by atoms with Gasteiger partial charge in [0.05, 0.1) is 17.3 Å². The van der Waals surface area contributed by atoms with Gasteiger partial charge in [-0.25, -0.2) is 4.79 Å². The zero-order chi connectivity index (χ0) is 14.5. The van der Waals surface area contributed by atoms with Crippen LogP contribution in [0.4, 0.5) is 10.5 Å². The average molecular weight is 269 g/mol. The molecule has 2 amide bonds. The van der Waals surface area contributed by atoms with Gasteiger partial charge in [0.2, 0.25) is 0 Å². The maximum atomic E-state index is 11.8. The van der Waals surface area contributed by atoms with Crippen molar-refractivity contribution in [3.8, 4) is 6.07 Å². The fourth-order valence-electron chi connectivity index (χ4n) is 1.84. The minimum atomic E-state index is -0.319. The third-order valence-electron chi connectivity index (χ3n) is 2.96. The lowest BCUT2D eigenvalue weighted by molar-refractivity contribution is 0.251. The molecular formula is C14H15N5O. The first-order chi connectivity index (χ1) is 9.60. The summed E-state index contributed by atoms with van der Waals surface area (Å²) >= 11 is 0. The molecule has 0 bridgehead atoms. The number of carbonyl (C=O) groups is 1. The summed E-state index contributed by atoms with van der Waals surface area (Å²) in [5, 5.41) is 21.2. The number of urea groups is 1. The predicted octanol–water partition coefficient (Wildman–Crippen LogP) is 2.22. The quantitative estimate of drug-likeness (QED) is 0.797. The highest BCUT2D eigenvalue weighted by Crippen LogP contribution is 2.11. The van der Waals surface area contributed by atoms with Crippen LogP contribution in [-0.2, 0) is 6.54 Å². The molecule has 2 aromatic rings. The molecular weight excluding hydrogens is 254 g/mol. The number of rotatable bonds is 3. The van der Waals surface area contributed by atoms with Crippen LogP contribution in [0, 0.1) is 25.2 Å². The van der Waals surface area contributed by atoms with Crippen molar-refractivity contribution in [3.05, 3.63) is 46.8 Å². The lowest BCUT2D eigenvalue weighted by Gasteiger charge is -2.08. The van der Waals surface area contributed by atoms with E-state index in [-0.39, 0.29) is 6.03 Å². The Hall–Kier alpha value is -2.81. The van der Waals surface area contributed by atoms with Gasteiger partial charge in [0.15, 0.2) is 0 Å². The van der Waals surface area contributed by atoms with Crippen molar-refractivity contribution in [3.63, 3.8) is 0 Å². The number of amides is 2. The van der Waals surface area contributed by atoms with E-state index in [0.29, 0.717) is 17.8 Å². The molecule has 0 saturated heterocycles. The Morgan fingerprint density at radius 3 is 2.90 bits per heavy atom. The molecule has 2 rings (SSSR count). The van der Waals surface area contributed by atoms with Crippen LogP contribution >= 0.6 is 0 Å². The fourth-order valence-corrected chi connectivity index (χ4v) is 1.84. The molecule has 0 spiro atoms. The van der Waals surface area contributed by atoms with Crippen molar-refractivity contribution < 1.29 is 4.79 Å². The van der Waals surface area contributed by atoms with Gasteiger partial charge in [0.25, 0.3) is 0 Å². The summed E-state index contributed by atoms with van der Waals surface area (Å²) in [6, 6.07) is 8.46. The van der Waals surface area contributed by atoms with Gasteiger partial charge in [-0.3, -0.25) is 5.10 Å². The van der Waals surface area contributed by atoms with Gasteiger partial charge in [0, 0.05) is 23.5 Å². The van der Waals surface area contributed by atoms with E-state index in [0.717, 1.165) is 17.0 Å². The maximum absolute atomic E-state index is 11.8. The van der Waals surface area contributed by atoms with Crippen molar-refractivity contribution in [2.75, 3.05) is 5.32 Å². The first-order valence-corrected chi connectivity index (χ1v) is 6.15. The van der Waals surface area contributed by atoms with Gasteiger partial charge in [-0.1, -0.05) is 6.07 Å². The van der Waals surface area contributed by atoms with E-state index < -0.39 is 0 Å². The molecule has 0 aliphatic rings. The first-order valence-electron chi connectivity index (χ1n) is 6.15. The summed E-state index contributed by atoms with van der Waals surface area (Å²) in [5.41, 5.74) is 3.88. The fraction of sp³-hybridized carbons (Fsp3) is 0.214. The van der Waals surface area contributed by atoms with Crippen LogP contribution in [0.5, 0.6) is 0 Å². The molecule has 1 heterocycles. The van der Waals surface area contributed by atoms with E-state index in [9.17, 15) is 4.79 Å². The standard InChI is InChI=1S/C14H15N5O/c1-9-13(10(2)19-18-9)8-16-14(20)17-12-5-3-4-11(6-12)7-15/h3-6H,8H2,1-2H3,(H,18,19)(H2,16,17,20). The molecule has 1 aromatic heterocycles. The Labute approximate surface area is 116 Å². The number of anilines is 1. The Kier molecular flexibility index (Phi) is 4.01. The van der Waals surface area contributed by atoms with Crippen LogP contribution in [0.25, 0.3) is 0 Å². The summed E-state index contributed by atoms with van der Waals surface area (Å²) in [6.45, 7) is 4.19. The minimum absolute atomic E-state index is 0.319. The second-order valence-corrected chi connectivity index (χ2v) is 4.41. The number of hydrogen-bond acceptors (Lipinski definition) is 3. The van der Waals surface area contributed by atoms with Crippen LogP contribution in [0.3, 0.4) is 0 Å². The van der Waals surface area contributed by atoms with E-state index in [1.807, 2.05) is 19.9 Å². The predicted molar refractivity (Wildman–Crippen MR) is 75.1 cm³/mol. The smallest absolute Gasteiger partial charge is 0.319 e. The normalized spacial score (nSPS) is 9.85. The van der Waals surface area contributed by atoms with Gasteiger partial charge in [-0.05, 0) is 32.0 Å². The third kappa shape index (κ3) is 3.14. The summed E-state index contributed by atoms with van der Waals surface area (Å²) in [4.78, 5) is 11.8. The topological polar surface area (TPSA) is 93.6 Å². The largest absolute Gasteiger partial charge is 0.334 e. The number of nitrogens with zero attached hydrogens (tertiary/aromatic N) is 2. The van der Waals surface area contributed by atoms with E-state index in [4.69, 9.17) is 5.26 Å². The van der Waals surface area contributed by atoms with E-state index in [1.165, 1.54) is 0 Å². The van der Waals surface area contributed by atoms with Gasteiger partial charge in [0.1, 0.15) is 0 Å². The van der Waals surface area contributed by atoms with Crippen molar-refractivity contribution in [1.82, 2.24) is 15.5 Å². The monoisotopic (exact) mass is 269 g/mol. The molecule has 0 aliphatic heterocycles. The lowest BCUT2D eigenvalue weighted by atomic mass is 10.2. The number of nitriles is 1. The van der Waals surface area contributed by atoms with Gasteiger partial charge >= 0.3 is 6.03 Å². The third-order valence-corrected chi connectivity index (χ3v) is 2.96. The Morgan fingerprint density at radius 1 is 1.45 bits per heavy atom. The van der Waals surface area contributed by atoms with Crippen molar-refractivity contribution in [2.45, 2.75) is 20.4 Å². The van der Waals surface area contributed by atoms with Gasteiger partial charge < -0.3 is 10.6 Å². The number of aryl methyl sites for hydroxylation is 2. The molecule has 0 radical (unpaired) electrons. The summed E-state index contributed by atoms with van der Waals surface area (Å²) in [6.07, 6.45) is 0. The molecule has 0 unspecified atom stereocenters. The number of nitrogens with one attached hydrogen (secondary N) is 3. The Morgan fingerprint density at radius 2 is 2.25 bits per heavy atom.